The molecule has 0 aliphatic carbocycles. The van der Waals surface area contributed by atoms with E-state index in [0.29, 0.717) is 46.3 Å². The lowest BCUT2D eigenvalue weighted by Gasteiger charge is -2.36. The Hall–Kier alpha value is -8.82. The number of nitrogens with zero attached hydrogens (tertiary/aromatic N) is 4. The Labute approximate surface area is 487 Å². The van der Waals surface area contributed by atoms with Crippen LogP contribution in [-0.2, 0) is 60.8 Å². The summed E-state index contributed by atoms with van der Waals surface area (Å²) in [7, 11) is 0. The van der Waals surface area contributed by atoms with Gasteiger partial charge in [-0.25, -0.2) is 0 Å². The number of hydrogen-bond donors (Lipinski definition) is 14. The van der Waals surface area contributed by atoms with Crippen LogP contribution in [0.4, 0.5) is 0 Å². The molecule has 2 fully saturated rings. The maximum atomic E-state index is 14.8. The minimum Gasteiger partial charge on any atom is -0.508 e. The van der Waals surface area contributed by atoms with E-state index < -0.39 is 102 Å². The predicted molar refractivity (Wildman–Crippen MR) is 312 cm³/mol. The zero-order valence-corrected chi connectivity index (χ0v) is 48.3. The number of nitrogens with two attached hydrogens (primary N) is 5. The van der Waals surface area contributed by atoms with Gasteiger partial charge in [0.05, 0.1) is 12.1 Å². The van der Waals surface area contributed by atoms with Crippen molar-refractivity contribution in [2.75, 3.05) is 32.7 Å². The molecule has 84 heavy (non-hydrogen) atoms. The van der Waals surface area contributed by atoms with E-state index in [1.165, 1.54) is 30.9 Å². The van der Waals surface area contributed by atoms with Gasteiger partial charge in [0, 0.05) is 62.5 Å². The number of rotatable bonds is 30. The largest absolute Gasteiger partial charge is 0.508 e. The Kier molecular flexibility index (Phi) is 24.4. The van der Waals surface area contributed by atoms with Gasteiger partial charge in [-0.2, -0.15) is 0 Å². The van der Waals surface area contributed by atoms with Crippen molar-refractivity contribution in [2.24, 2.45) is 44.6 Å². The second-order valence-electron chi connectivity index (χ2n) is 22.0. The molecule has 10 amide bonds. The molecule has 0 saturated carbocycles. The fraction of sp³-hybridized carbons (Fsp3) is 0.536. The van der Waals surface area contributed by atoms with Crippen molar-refractivity contribution in [2.45, 2.75) is 153 Å². The number of imide groups is 1. The number of fused-ring (bicyclic) bond motifs is 1. The highest BCUT2D eigenvalue weighted by molar-refractivity contribution is 6.06. The summed E-state index contributed by atoms with van der Waals surface area (Å²) < 4.78 is 0. The van der Waals surface area contributed by atoms with E-state index in [4.69, 9.17) is 28.7 Å². The van der Waals surface area contributed by atoms with E-state index >= 15 is 0 Å². The summed E-state index contributed by atoms with van der Waals surface area (Å²) in [6.07, 6.45) is 2.62. The first-order chi connectivity index (χ1) is 39.8. The number of carbonyl (C=O) groups is 10. The zero-order valence-electron chi connectivity index (χ0n) is 48.3. The topological polar surface area (TPSA) is 452 Å². The van der Waals surface area contributed by atoms with Crippen LogP contribution < -0.4 is 65.9 Å². The lowest BCUT2D eigenvalue weighted by atomic mass is 9.97. The number of likely N-dealkylation sites (N-methyl/N-ethyl adjacent to an activating group) is 1. The summed E-state index contributed by atoms with van der Waals surface area (Å²) in [5, 5.41) is 29.4. The fourth-order valence-electron chi connectivity index (χ4n) is 9.92. The average molecular weight is 1170 g/mol. The smallest absolute Gasteiger partial charge is 0.249 e. The van der Waals surface area contributed by atoms with Gasteiger partial charge < -0.3 is 80.9 Å². The van der Waals surface area contributed by atoms with Crippen LogP contribution in [0.25, 0.3) is 10.9 Å². The van der Waals surface area contributed by atoms with E-state index in [0.717, 1.165) is 0 Å². The number of nitrogens with one attached hydrogen (secondary N) is 8. The van der Waals surface area contributed by atoms with Crippen molar-refractivity contribution >= 4 is 81.9 Å². The molecule has 458 valence electrons. The Balaban J connectivity index is 1.46. The Morgan fingerprint density at radius 3 is 1.98 bits per heavy atom. The van der Waals surface area contributed by atoms with Crippen LogP contribution in [0.2, 0.25) is 0 Å². The van der Waals surface area contributed by atoms with Crippen molar-refractivity contribution in [3.05, 3.63) is 65.9 Å². The predicted octanol–water partition coefficient (Wildman–Crippen LogP) is -2.27. The van der Waals surface area contributed by atoms with E-state index in [-0.39, 0.29) is 113 Å². The summed E-state index contributed by atoms with van der Waals surface area (Å²) in [5.74, 6) is -8.33. The second kappa shape index (κ2) is 31.0. The monoisotopic (exact) mass is 1170 g/mol. The number of H-pyrrole nitrogens is 1. The van der Waals surface area contributed by atoms with E-state index in [2.05, 4.69) is 52.2 Å². The van der Waals surface area contributed by atoms with E-state index in [1.54, 1.807) is 63.4 Å². The van der Waals surface area contributed by atoms with Crippen molar-refractivity contribution in [3.63, 3.8) is 0 Å². The van der Waals surface area contributed by atoms with Crippen molar-refractivity contribution in [3.8, 4) is 5.75 Å². The third-order valence-electron chi connectivity index (χ3n) is 14.1. The molecule has 2 aliphatic heterocycles. The Bertz CT molecular complexity index is 2890. The molecule has 0 bridgehead atoms. The molecule has 2 saturated heterocycles. The van der Waals surface area contributed by atoms with Crippen LogP contribution in [0.15, 0.2) is 64.7 Å². The molecule has 0 spiro atoms. The molecule has 2 aliphatic rings. The highest BCUT2D eigenvalue weighted by Gasteiger charge is 2.43. The van der Waals surface area contributed by atoms with E-state index in [9.17, 15) is 53.1 Å². The van der Waals surface area contributed by atoms with Crippen LogP contribution in [0.1, 0.15) is 104 Å². The van der Waals surface area contributed by atoms with Crippen LogP contribution in [0, 0.1) is 5.92 Å². The molecule has 7 atom stereocenters. The summed E-state index contributed by atoms with van der Waals surface area (Å²) >= 11 is 0. The number of guanidine groups is 2. The van der Waals surface area contributed by atoms with Gasteiger partial charge in [-0.3, -0.25) is 62.8 Å². The standard InChI is InChI=1S/C56H83N17O11/c1-6-62-50(81)42-16-11-25-72(42)52(83)39(15-10-24-64-55(59)60)69-51(82)43(26-31(2)3)73(53(84)56(4,5)61)45(76)30-66-46(77)41(28-33-29-65-36-13-8-7-12-35(33)36)71-47(78)37(14-9-23-63-54(57)58)68-49(80)40(27-32-17-19-34(74)20-18-32)70-48(79)38-21-22-44(75)67-38/h7-8,12-13,17-20,29,31,37-43,65,74H,6,9-11,14-16,21-28,30,61H2,1-5H3,(H,62,81)(H,66,77)(H,67,75)(H,68,80)(H,69,82)(H,70,79)(H,71,78)(H4,57,58,63)(H4,59,60,64)/t37-,38?,39-,40-,41+,42-,43+/m0/s1. The number of phenols is 1. The first kappa shape index (κ1) is 66.0. The molecule has 28 nitrogen and oxygen atoms in total. The van der Waals surface area contributed by atoms with Crippen LogP contribution in [0.5, 0.6) is 5.75 Å². The molecule has 5 rings (SSSR count). The maximum absolute atomic E-state index is 14.8. The molecule has 28 heteroatoms. The molecule has 0 radical (unpaired) electrons. The van der Waals surface area contributed by atoms with Gasteiger partial charge in [0.1, 0.15) is 48.0 Å². The fourth-order valence-corrected chi connectivity index (χ4v) is 9.92. The highest BCUT2D eigenvalue weighted by Crippen LogP contribution is 2.23. The number of hydrogen-bond acceptors (Lipinski definition) is 14. The molecule has 2 aromatic carbocycles. The average Bonchev–Trinajstić information content (AvgIpc) is 3.45. The number of phenolic OH excluding ortho intramolecular Hbond substituents is 1. The highest BCUT2D eigenvalue weighted by atomic mass is 16.3. The number of aromatic amines is 1. The Morgan fingerprint density at radius 2 is 1.37 bits per heavy atom. The zero-order chi connectivity index (χ0) is 61.8. The van der Waals surface area contributed by atoms with Crippen LogP contribution in [-0.4, -0.2) is 171 Å². The molecular formula is C56H83N17O11. The number of carbonyl (C=O) groups excluding carboxylic acids is 10. The van der Waals surface area contributed by atoms with Crippen LogP contribution >= 0.6 is 0 Å². The SMILES string of the molecule is CCNC(=O)[C@@H]1CCCN1C(=O)[C@H](CCCN=C(N)N)NC(=O)[C@@H](CC(C)C)N(C(=O)CNC(=O)[C@@H](Cc1c[nH]c2ccccc12)NC(=O)[C@H](CCCN=C(N)N)NC(=O)[C@H](Cc1ccc(O)cc1)NC(=O)C1CCC(=O)N1)C(=O)C(C)(C)N. The minimum atomic E-state index is -1.77. The normalized spacial score (nSPS) is 16.7. The molecule has 1 aromatic heterocycles. The van der Waals surface area contributed by atoms with E-state index in [1.807, 2.05) is 0 Å². The lowest BCUT2D eigenvalue weighted by Crippen LogP contribution is -2.63. The van der Waals surface area contributed by atoms with Gasteiger partial charge in [-0.15, -0.1) is 0 Å². The number of aliphatic imine (C=N–C) groups is 2. The van der Waals surface area contributed by atoms with Gasteiger partial charge in [0.15, 0.2) is 11.9 Å². The second-order valence-corrected chi connectivity index (χ2v) is 22.0. The first-order valence-corrected chi connectivity index (χ1v) is 28.2. The minimum absolute atomic E-state index is 0.00268. The number of aromatic nitrogens is 1. The number of benzene rings is 2. The van der Waals surface area contributed by atoms with Gasteiger partial charge in [-0.05, 0) is 107 Å². The number of amides is 10. The third kappa shape index (κ3) is 19.4. The summed E-state index contributed by atoms with van der Waals surface area (Å²) in [6, 6.07) is 4.20. The third-order valence-corrected chi connectivity index (χ3v) is 14.1. The van der Waals surface area contributed by atoms with Gasteiger partial charge in [-0.1, -0.05) is 44.2 Å². The van der Waals surface area contributed by atoms with Gasteiger partial charge in [0.2, 0.25) is 59.1 Å². The molecule has 19 N–H and O–H groups in total. The van der Waals surface area contributed by atoms with Crippen LogP contribution in [0.3, 0.4) is 0 Å². The van der Waals surface area contributed by atoms with Gasteiger partial charge in [0.25, 0.3) is 0 Å². The quantitative estimate of drug-likeness (QED) is 0.0190. The summed E-state index contributed by atoms with van der Waals surface area (Å²) in [4.78, 5) is 154. The summed E-state index contributed by atoms with van der Waals surface area (Å²) in [5.41, 5.74) is 28.7. The molecule has 3 heterocycles. The lowest BCUT2D eigenvalue weighted by molar-refractivity contribution is -0.155. The summed E-state index contributed by atoms with van der Waals surface area (Å²) in [6.45, 7) is 7.66. The Morgan fingerprint density at radius 1 is 0.762 bits per heavy atom. The van der Waals surface area contributed by atoms with Crippen molar-refractivity contribution in [1.82, 2.24) is 52.0 Å². The first-order valence-electron chi connectivity index (χ1n) is 28.2. The number of aromatic hydroxyl groups is 1. The number of likely N-dealkylation sites (tertiary alicyclic amines) is 1. The number of para-hydroxylation sites is 1. The van der Waals surface area contributed by atoms with Gasteiger partial charge >= 0.3 is 0 Å². The maximum Gasteiger partial charge on any atom is 0.249 e. The molecular weight excluding hydrogens is 1090 g/mol. The van der Waals surface area contributed by atoms with Crippen molar-refractivity contribution < 1.29 is 53.1 Å². The van der Waals surface area contributed by atoms with Crippen molar-refractivity contribution in [1.29, 1.82) is 0 Å². The molecule has 3 aromatic rings. The molecule has 1 unspecified atom stereocenters.